The monoisotopic (exact) mass is 185 g/mol. The van der Waals surface area contributed by atoms with E-state index in [-0.39, 0.29) is 6.10 Å². The molecule has 1 aliphatic rings. The lowest BCUT2D eigenvalue weighted by atomic mass is 9.94. The number of hydrogen-bond acceptors (Lipinski definition) is 2. The molecule has 0 bridgehead atoms. The first kappa shape index (κ1) is 11.0. The van der Waals surface area contributed by atoms with Crippen LogP contribution in [0.4, 0.5) is 0 Å². The highest BCUT2D eigenvalue weighted by molar-refractivity contribution is 4.78. The first-order valence-corrected chi connectivity index (χ1v) is 5.55. The van der Waals surface area contributed by atoms with Gasteiger partial charge in [-0.2, -0.15) is 0 Å². The van der Waals surface area contributed by atoms with Crippen LogP contribution >= 0.6 is 0 Å². The van der Waals surface area contributed by atoms with Gasteiger partial charge in [0.15, 0.2) is 0 Å². The van der Waals surface area contributed by atoms with Gasteiger partial charge in [0.2, 0.25) is 0 Å². The van der Waals surface area contributed by atoms with Crippen molar-refractivity contribution in [3.63, 3.8) is 0 Å². The van der Waals surface area contributed by atoms with E-state index in [1.165, 1.54) is 12.8 Å². The summed E-state index contributed by atoms with van der Waals surface area (Å²) in [7, 11) is 0. The number of rotatable bonds is 3. The molecular formula is C11H23NO. The molecule has 0 aromatic heterocycles. The predicted octanol–water partition coefficient (Wildman–Crippen LogP) is 1.88. The second-order valence-corrected chi connectivity index (χ2v) is 4.55. The van der Waals surface area contributed by atoms with Crippen molar-refractivity contribution in [3.8, 4) is 0 Å². The molecular weight excluding hydrogens is 162 g/mol. The smallest absolute Gasteiger partial charge is 0.0664 e. The van der Waals surface area contributed by atoms with Crippen LogP contribution < -0.4 is 0 Å². The third kappa shape index (κ3) is 3.28. The van der Waals surface area contributed by atoms with E-state index in [9.17, 15) is 5.11 Å². The number of nitrogens with zero attached hydrogens (tertiary/aromatic N) is 1. The van der Waals surface area contributed by atoms with Gasteiger partial charge in [-0.15, -0.1) is 0 Å². The van der Waals surface area contributed by atoms with Gasteiger partial charge in [-0.1, -0.05) is 13.8 Å². The topological polar surface area (TPSA) is 23.5 Å². The van der Waals surface area contributed by atoms with Crippen LogP contribution in [0.3, 0.4) is 0 Å². The van der Waals surface area contributed by atoms with Gasteiger partial charge in [0, 0.05) is 19.1 Å². The molecule has 1 fully saturated rings. The van der Waals surface area contributed by atoms with Crippen molar-refractivity contribution in [2.45, 2.75) is 52.2 Å². The van der Waals surface area contributed by atoms with Crippen LogP contribution in [-0.4, -0.2) is 35.2 Å². The Bertz CT molecular complexity index is 149. The molecule has 1 aliphatic heterocycles. The third-order valence-corrected chi connectivity index (χ3v) is 3.16. The maximum absolute atomic E-state index is 9.57. The molecule has 2 unspecified atom stereocenters. The van der Waals surface area contributed by atoms with E-state index in [0.717, 1.165) is 25.4 Å². The highest BCUT2D eigenvalue weighted by Gasteiger charge is 2.23. The van der Waals surface area contributed by atoms with Crippen LogP contribution in [0.25, 0.3) is 0 Å². The molecule has 1 rings (SSSR count). The minimum absolute atomic E-state index is 0.132. The van der Waals surface area contributed by atoms with E-state index in [4.69, 9.17) is 0 Å². The second-order valence-electron chi connectivity index (χ2n) is 4.55. The standard InChI is InChI=1S/C11H23NO/c1-4-11(13)8-12-7-9(2)5-6-10(12)3/h9-11,13H,4-8H2,1-3H3/t9?,10?,11-/m0/s1. The lowest BCUT2D eigenvalue weighted by Gasteiger charge is -2.37. The van der Waals surface area contributed by atoms with Crippen LogP contribution in [0.5, 0.6) is 0 Å². The maximum Gasteiger partial charge on any atom is 0.0664 e. The van der Waals surface area contributed by atoms with E-state index in [1.54, 1.807) is 0 Å². The van der Waals surface area contributed by atoms with Crippen LogP contribution in [0.1, 0.15) is 40.0 Å². The first-order chi connectivity index (χ1) is 6.13. The number of likely N-dealkylation sites (tertiary alicyclic amines) is 1. The zero-order valence-corrected chi connectivity index (χ0v) is 9.16. The summed E-state index contributed by atoms with van der Waals surface area (Å²) >= 11 is 0. The predicted molar refractivity (Wildman–Crippen MR) is 55.7 cm³/mol. The zero-order valence-electron chi connectivity index (χ0n) is 9.16. The summed E-state index contributed by atoms with van der Waals surface area (Å²) in [6.45, 7) is 8.65. The van der Waals surface area contributed by atoms with E-state index in [0.29, 0.717) is 6.04 Å². The van der Waals surface area contributed by atoms with Gasteiger partial charge < -0.3 is 5.11 Å². The molecule has 1 heterocycles. The Morgan fingerprint density at radius 1 is 1.38 bits per heavy atom. The molecule has 3 atom stereocenters. The summed E-state index contributed by atoms with van der Waals surface area (Å²) in [6.07, 6.45) is 3.38. The fourth-order valence-electron chi connectivity index (χ4n) is 2.03. The Kier molecular flexibility index (Phi) is 4.20. The molecule has 0 aromatic rings. The summed E-state index contributed by atoms with van der Waals surface area (Å²) in [4.78, 5) is 2.43. The fraction of sp³-hybridized carbons (Fsp3) is 1.00. The van der Waals surface area contributed by atoms with Crippen LogP contribution in [-0.2, 0) is 0 Å². The highest BCUT2D eigenvalue weighted by Crippen LogP contribution is 2.21. The molecule has 0 aliphatic carbocycles. The molecule has 0 aromatic carbocycles. The van der Waals surface area contributed by atoms with Crippen LogP contribution in [0.2, 0.25) is 0 Å². The minimum atomic E-state index is -0.132. The maximum atomic E-state index is 9.57. The lowest BCUT2D eigenvalue weighted by molar-refractivity contribution is 0.0556. The number of piperidine rings is 1. The zero-order chi connectivity index (χ0) is 9.84. The Labute approximate surface area is 81.9 Å². The summed E-state index contributed by atoms with van der Waals surface area (Å²) in [5.74, 6) is 0.806. The minimum Gasteiger partial charge on any atom is -0.392 e. The van der Waals surface area contributed by atoms with Crippen molar-refractivity contribution in [2.24, 2.45) is 5.92 Å². The molecule has 0 spiro atoms. The summed E-state index contributed by atoms with van der Waals surface area (Å²) in [6, 6.07) is 0.664. The number of aliphatic hydroxyl groups is 1. The van der Waals surface area contributed by atoms with Crippen molar-refractivity contribution < 1.29 is 5.11 Å². The Hall–Kier alpha value is -0.0800. The van der Waals surface area contributed by atoms with E-state index in [1.807, 2.05) is 6.92 Å². The first-order valence-electron chi connectivity index (χ1n) is 5.55. The van der Waals surface area contributed by atoms with Crippen molar-refractivity contribution in [1.29, 1.82) is 0 Å². The molecule has 13 heavy (non-hydrogen) atoms. The molecule has 2 nitrogen and oxygen atoms in total. The average molecular weight is 185 g/mol. The van der Waals surface area contributed by atoms with Gasteiger partial charge >= 0.3 is 0 Å². The molecule has 1 N–H and O–H groups in total. The van der Waals surface area contributed by atoms with Crippen molar-refractivity contribution in [2.75, 3.05) is 13.1 Å². The van der Waals surface area contributed by atoms with Gasteiger partial charge in [0.05, 0.1) is 6.10 Å². The molecule has 1 saturated heterocycles. The number of aliphatic hydroxyl groups excluding tert-OH is 1. The molecule has 0 saturated carbocycles. The van der Waals surface area contributed by atoms with E-state index >= 15 is 0 Å². The van der Waals surface area contributed by atoms with Gasteiger partial charge in [0.1, 0.15) is 0 Å². The number of β-amino-alcohol motifs (C(OH)–C–C–N with tert-alkyl or cyclic N) is 1. The normalized spacial score (nSPS) is 33.2. The van der Waals surface area contributed by atoms with Gasteiger partial charge in [-0.25, -0.2) is 0 Å². The van der Waals surface area contributed by atoms with Crippen LogP contribution in [0.15, 0.2) is 0 Å². The number of hydrogen-bond donors (Lipinski definition) is 1. The lowest BCUT2D eigenvalue weighted by Crippen LogP contribution is -2.44. The van der Waals surface area contributed by atoms with Gasteiger partial charge in [-0.3, -0.25) is 4.90 Å². The van der Waals surface area contributed by atoms with Gasteiger partial charge in [0.25, 0.3) is 0 Å². The van der Waals surface area contributed by atoms with Crippen molar-refractivity contribution >= 4 is 0 Å². The third-order valence-electron chi connectivity index (χ3n) is 3.16. The molecule has 2 heteroatoms. The van der Waals surface area contributed by atoms with Crippen molar-refractivity contribution in [1.82, 2.24) is 4.90 Å². The Balaban J connectivity index is 2.37. The molecule has 0 radical (unpaired) electrons. The van der Waals surface area contributed by atoms with E-state index < -0.39 is 0 Å². The van der Waals surface area contributed by atoms with Gasteiger partial charge in [-0.05, 0) is 32.1 Å². The Morgan fingerprint density at radius 3 is 2.69 bits per heavy atom. The summed E-state index contributed by atoms with van der Waals surface area (Å²) in [5.41, 5.74) is 0. The molecule has 0 amide bonds. The highest BCUT2D eigenvalue weighted by atomic mass is 16.3. The SMILES string of the molecule is CC[C@H](O)CN1CC(C)CCC1C. The molecule has 78 valence electrons. The van der Waals surface area contributed by atoms with Crippen LogP contribution in [0, 0.1) is 5.92 Å². The second kappa shape index (κ2) is 4.97. The largest absolute Gasteiger partial charge is 0.392 e. The quantitative estimate of drug-likeness (QED) is 0.725. The average Bonchev–Trinajstić information content (AvgIpc) is 2.11. The summed E-state index contributed by atoms with van der Waals surface area (Å²) < 4.78 is 0. The summed E-state index contributed by atoms with van der Waals surface area (Å²) in [5, 5.41) is 9.57. The fourth-order valence-corrected chi connectivity index (χ4v) is 2.03. The van der Waals surface area contributed by atoms with Crippen molar-refractivity contribution in [3.05, 3.63) is 0 Å². The Morgan fingerprint density at radius 2 is 2.08 bits per heavy atom. The van der Waals surface area contributed by atoms with E-state index in [2.05, 4.69) is 18.7 Å².